The first kappa shape index (κ1) is 15.9. The number of carbonyl (C=O) groups is 2. The summed E-state index contributed by atoms with van der Waals surface area (Å²) in [6.07, 6.45) is 0. The number of benzene rings is 1. The average molecular weight is 324 g/mol. The molecule has 0 atom stereocenters. The molecule has 1 aromatic carbocycles. The third-order valence-corrected chi connectivity index (χ3v) is 3.75. The number of aryl methyl sites for hydroxylation is 1. The van der Waals surface area contributed by atoms with Crippen LogP contribution in [0.1, 0.15) is 20.4 Å². The van der Waals surface area contributed by atoms with Crippen LogP contribution in [0.15, 0.2) is 24.3 Å². The number of carboxylic acids is 1. The molecule has 2 N–H and O–H groups in total. The first-order valence-electron chi connectivity index (χ1n) is 6.30. The fourth-order valence-corrected chi connectivity index (χ4v) is 2.53. The third kappa shape index (κ3) is 4.26. The summed E-state index contributed by atoms with van der Waals surface area (Å²) in [5, 5.41) is 11.4. The van der Waals surface area contributed by atoms with Gasteiger partial charge in [-0.1, -0.05) is 0 Å². The number of aliphatic carboxylic acids is 1. The van der Waals surface area contributed by atoms with Crippen LogP contribution in [0.2, 0.25) is 0 Å². The molecule has 2 aromatic rings. The molecule has 1 aromatic heterocycles. The molecule has 8 heteroatoms. The highest BCUT2D eigenvalue weighted by Crippen LogP contribution is 2.20. The molecule has 0 aliphatic heterocycles. The normalized spacial score (nSPS) is 10.3. The maximum Gasteiger partial charge on any atom is 0.322 e. The highest BCUT2D eigenvalue weighted by Gasteiger charge is 2.16. The lowest BCUT2D eigenvalue weighted by molar-refractivity contribution is -0.135. The molecule has 116 valence electrons. The van der Waals surface area contributed by atoms with Crippen molar-refractivity contribution in [1.29, 1.82) is 0 Å². The molecule has 0 saturated carbocycles. The van der Waals surface area contributed by atoms with Gasteiger partial charge in [-0.2, -0.15) is 0 Å². The molecule has 0 aliphatic carbocycles. The van der Waals surface area contributed by atoms with Gasteiger partial charge in [-0.3, -0.25) is 9.59 Å². The van der Waals surface area contributed by atoms with Crippen molar-refractivity contribution in [3.63, 3.8) is 0 Å². The lowest BCUT2D eigenvalue weighted by Gasteiger charge is -2.03. The van der Waals surface area contributed by atoms with Crippen molar-refractivity contribution in [1.82, 2.24) is 10.3 Å². The molecule has 0 radical (unpaired) electrons. The van der Waals surface area contributed by atoms with Crippen LogP contribution in [0.25, 0.3) is 0 Å². The minimum absolute atomic E-state index is 0.142. The zero-order valence-corrected chi connectivity index (χ0v) is 12.4. The van der Waals surface area contributed by atoms with Crippen molar-refractivity contribution in [3.8, 4) is 5.75 Å². The minimum Gasteiger partial charge on any atom is -0.486 e. The molecule has 0 fully saturated rings. The van der Waals surface area contributed by atoms with E-state index in [9.17, 15) is 14.0 Å². The number of amides is 1. The Kier molecular flexibility index (Phi) is 5.05. The second kappa shape index (κ2) is 6.99. The zero-order chi connectivity index (χ0) is 16.1. The number of thiazole rings is 1. The van der Waals surface area contributed by atoms with Crippen molar-refractivity contribution in [2.24, 2.45) is 0 Å². The topological polar surface area (TPSA) is 88.5 Å². The monoisotopic (exact) mass is 324 g/mol. The first-order chi connectivity index (χ1) is 10.5. The molecule has 2 rings (SSSR count). The fourth-order valence-electron chi connectivity index (χ4n) is 1.64. The van der Waals surface area contributed by atoms with Crippen molar-refractivity contribution < 1.29 is 23.8 Å². The Morgan fingerprint density at radius 2 is 2.05 bits per heavy atom. The Morgan fingerprint density at radius 1 is 1.36 bits per heavy atom. The number of rotatable bonds is 6. The van der Waals surface area contributed by atoms with Crippen molar-refractivity contribution in [2.45, 2.75) is 13.5 Å². The first-order valence-corrected chi connectivity index (χ1v) is 7.12. The molecule has 0 saturated heterocycles. The SMILES string of the molecule is Cc1nc(COc2ccc(F)cc2)sc1C(=O)NCC(=O)O. The molecule has 0 spiro atoms. The van der Waals surface area contributed by atoms with E-state index in [1.807, 2.05) is 0 Å². The van der Waals surface area contributed by atoms with E-state index in [0.29, 0.717) is 21.3 Å². The highest BCUT2D eigenvalue weighted by molar-refractivity contribution is 7.13. The van der Waals surface area contributed by atoms with Gasteiger partial charge in [0.25, 0.3) is 5.91 Å². The smallest absolute Gasteiger partial charge is 0.322 e. The van der Waals surface area contributed by atoms with E-state index in [4.69, 9.17) is 9.84 Å². The number of nitrogens with one attached hydrogen (secondary N) is 1. The number of hydrogen-bond donors (Lipinski definition) is 2. The van der Waals surface area contributed by atoms with Crippen LogP contribution in [0.5, 0.6) is 5.75 Å². The van der Waals surface area contributed by atoms with Gasteiger partial charge in [0, 0.05) is 0 Å². The molecular weight excluding hydrogens is 311 g/mol. The number of hydrogen-bond acceptors (Lipinski definition) is 5. The maximum atomic E-state index is 12.8. The lowest BCUT2D eigenvalue weighted by atomic mass is 10.3. The average Bonchev–Trinajstić information content (AvgIpc) is 2.85. The van der Waals surface area contributed by atoms with Crippen molar-refractivity contribution >= 4 is 23.2 Å². The van der Waals surface area contributed by atoms with E-state index in [1.54, 1.807) is 6.92 Å². The van der Waals surface area contributed by atoms with Gasteiger partial charge in [-0.05, 0) is 31.2 Å². The van der Waals surface area contributed by atoms with Gasteiger partial charge < -0.3 is 15.2 Å². The van der Waals surface area contributed by atoms with Crippen LogP contribution in [-0.4, -0.2) is 28.5 Å². The summed E-state index contributed by atoms with van der Waals surface area (Å²) in [6.45, 7) is 1.36. The number of nitrogens with zero attached hydrogens (tertiary/aromatic N) is 1. The zero-order valence-electron chi connectivity index (χ0n) is 11.6. The van der Waals surface area contributed by atoms with Crippen molar-refractivity contribution in [3.05, 3.63) is 45.7 Å². The number of carboxylic acid groups (broad SMARTS) is 1. The van der Waals surface area contributed by atoms with Gasteiger partial charge in [0.1, 0.15) is 34.6 Å². The summed E-state index contributed by atoms with van der Waals surface area (Å²) in [4.78, 5) is 26.8. The summed E-state index contributed by atoms with van der Waals surface area (Å²) in [6, 6.07) is 5.56. The second-order valence-corrected chi connectivity index (χ2v) is 5.42. The van der Waals surface area contributed by atoms with E-state index in [1.165, 1.54) is 24.3 Å². The van der Waals surface area contributed by atoms with Crippen LogP contribution in [0.4, 0.5) is 4.39 Å². The Balaban J connectivity index is 1.98. The van der Waals surface area contributed by atoms with Gasteiger partial charge in [-0.25, -0.2) is 9.37 Å². The molecule has 0 bridgehead atoms. The van der Waals surface area contributed by atoms with E-state index in [2.05, 4.69) is 10.3 Å². The molecule has 0 aliphatic rings. The van der Waals surface area contributed by atoms with Crippen molar-refractivity contribution in [2.75, 3.05) is 6.54 Å². The van der Waals surface area contributed by atoms with Gasteiger partial charge in [-0.15, -0.1) is 11.3 Å². The minimum atomic E-state index is -1.12. The summed E-state index contributed by atoms with van der Waals surface area (Å²) in [5.41, 5.74) is 0.505. The van der Waals surface area contributed by atoms with Gasteiger partial charge in [0.2, 0.25) is 0 Å². The van der Waals surface area contributed by atoms with Crippen LogP contribution < -0.4 is 10.1 Å². The summed E-state index contributed by atoms with van der Waals surface area (Å²) >= 11 is 1.13. The predicted octanol–water partition coefficient (Wildman–Crippen LogP) is 1.98. The van der Waals surface area contributed by atoms with Crippen LogP contribution >= 0.6 is 11.3 Å². The summed E-state index contributed by atoms with van der Waals surface area (Å²) in [5.74, 6) is -1.46. The molecule has 22 heavy (non-hydrogen) atoms. The Bertz CT molecular complexity index is 685. The van der Waals surface area contributed by atoms with E-state index in [-0.39, 0.29) is 12.4 Å². The molecule has 1 amide bonds. The van der Waals surface area contributed by atoms with Gasteiger partial charge >= 0.3 is 5.97 Å². The Morgan fingerprint density at radius 3 is 2.68 bits per heavy atom. The van der Waals surface area contributed by atoms with Crippen LogP contribution in [0, 0.1) is 12.7 Å². The second-order valence-electron chi connectivity index (χ2n) is 4.34. The molecule has 0 unspecified atom stereocenters. The van der Waals surface area contributed by atoms with E-state index < -0.39 is 18.4 Å². The maximum absolute atomic E-state index is 12.8. The van der Waals surface area contributed by atoms with Gasteiger partial charge in [0.15, 0.2) is 0 Å². The number of ether oxygens (including phenoxy) is 1. The third-order valence-electron chi connectivity index (χ3n) is 2.62. The number of carbonyl (C=O) groups excluding carboxylic acids is 1. The fraction of sp³-hybridized carbons (Fsp3) is 0.214. The highest BCUT2D eigenvalue weighted by atomic mass is 32.1. The predicted molar refractivity (Wildman–Crippen MR) is 77.6 cm³/mol. The summed E-state index contributed by atoms with van der Waals surface area (Å²) in [7, 11) is 0. The van der Waals surface area contributed by atoms with E-state index in [0.717, 1.165) is 11.3 Å². The standard InChI is InChI=1S/C14H13FN2O4S/c1-8-13(14(20)16-6-12(18)19)22-11(17-8)7-21-10-4-2-9(15)3-5-10/h2-5H,6-7H2,1H3,(H,16,20)(H,18,19). The Labute approximate surface area is 129 Å². The van der Waals surface area contributed by atoms with Crippen LogP contribution in [-0.2, 0) is 11.4 Å². The molecular formula is C14H13FN2O4S. The van der Waals surface area contributed by atoms with Crippen LogP contribution in [0.3, 0.4) is 0 Å². The lowest BCUT2D eigenvalue weighted by Crippen LogP contribution is -2.29. The molecule has 1 heterocycles. The quantitative estimate of drug-likeness (QED) is 0.848. The van der Waals surface area contributed by atoms with E-state index >= 15 is 0 Å². The molecule has 6 nitrogen and oxygen atoms in total. The largest absolute Gasteiger partial charge is 0.486 e. The Hall–Kier alpha value is -2.48. The van der Waals surface area contributed by atoms with Gasteiger partial charge in [0.05, 0.1) is 5.69 Å². The summed E-state index contributed by atoms with van der Waals surface area (Å²) < 4.78 is 18.2. The number of halogens is 1. The number of aromatic nitrogens is 1.